The predicted molar refractivity (Wildman–Crippen MR) is 118 cm³/mol. The first-order chi connectivity index (χ1) is 14.6. The number of aromatic nitrogens is 1. The van der Waals surface area contributed by atoms with Crippen molar-refractivity contribution in [2.45, 2.75) is 45.8 Å². The summed E-state index contributed by atoms with van der Waals surface area (Å²) in [7, 11) is 0. The number of rotatable bonds is 7. The highest BCUT2D eigenvalue weighted by atomic mass is 19.4. The van der Waals surface area contributed by atoms with Crippen LogP contribution in [0.25, 0.3) is 10.9 Å². The first kappa shape index (κ1) is 22.6. The monoisotopic (exact) mass is 429 g/mol. The molecule has 0 saturated carbocycles. The van der Waals surface area contributed by atoms with E-state index in [1.54, 1.807) is 6.07 Å². The van der Waals surface area contributed by atoms with Crippen LogP contribution in [0.15, 0.2) is 54.6 Å². The molecule has 1 amide bonds. The average Bonchev–Trinajstić information content (AvgIpc) is 2.72. The lowest BCUT2D eigenvalue weighted by atomic mass is 10.1. The molecule has 0 spiro atoms. The molecule has 4 nitrogen and oxygen atoms in total. The van der Waals surface area contributed by atoms with E-state index in [1.165, 1.54) is 12.1 Å². The van der Waals surface area contributed by atoms with E-state index >= 15 is 0 Å². The maximum absolute atomic E-state index is 12.6. The van der Waals surface area contributed by atoms with Gasteiger partial charge in [0.05, 0.1) is 11.1 Å². The minimum atomic E-state index is -4.36. The Kier molecular flexibility index (Phi) is 6.83. The largest absolute Gasteiger partial charge is 0.416 e. The van der Waals surface area contributed by atoms with Crippen molar-refractivity contribution in [1.82, 2.24) is 4.98 Å². The van der Waals surface area contributed by atoms with Gasteiger partial charge in [0, 0.05) is 23.5 Å². The lowest BCUT2D eigenvalue weighted by Gasteiger charge is -2.18. The van der Waals surface area contributed by atoms with Gasteiger partial charge >= 0.3 is 6.18 Å². The fourth-order valence-electron chi connectivity index (χ4n) is 3.03. The molecular formula is C24H26F3N3O. The second-order valence-corrected chi connectivity index (χ2v) is 8.02. The number of carbonyl (C=O) groups is 1. The van der Waals surface area contributed by atoms with Gasteiger partial charge in [0.1, 0.15) is 5.82 Å². The van der Waals surface area contributed by atoms with E-state index in [-0.39, 0.29) is 12.3 Å². The molecule has 0 fully saturated rings. The number of carbonyl (C=O) groups excluding carboxylic acids is 1. The maximum Gasteiger partial charge on any atom is 0.416 e. The van der Waals surface area contributed by atoms with E-state index in [2.05, 4.69) is 36.4 Å². The topological polar surface area (TPSA) is 54.0 Å². The smallest absolute Gasteiger partial charge is 0.367 e. The summed E-state index contributed by atoms with van der Waals surface area (Å²) in [5, 5.41) is 7.13. The van der Waals surface area contributed by atoms with Gasteiger partial charge in [-0.2, -0.15) is 13.2 Å². The van der Waals surface area contributed by atoms with E-state index in [9.17, 15) is 18.0 Å². The number of alkyl halides is 3. The summed E-state index contributed by atoms with van der Waals surface area (Å²) in [5.41, 5.74) is 1.47. The van der Waals surface area contributed by atoms with Crippen molar-refractivity contribution in [3.63, 3.8) is 0 Å². The number of nitrogens with zero attached hydrogens (tertiary/aromatic N) is 1. The molecule has 7 heteroatoms. The third-order valence-corrected chi connectivity index (χ3v) is 5.27. The summed E-state index contributed by atoms with van der Waals surface area (Å²) < 4.78 is 37.9. The van der Waals surface area contributed by atoms with E-state index in [0.717, 1.165) is 28.9 Å². The van der Waals surface area contributed by atoms with Gasteiger partial charge in [-0.3, -0.25) is 4.79 Å². The van der Waals surface area contributed by atoms with E-state index in [0.29, 0.717) is 29.6 Å². The van der Waals surface area contributed by atoms with Crippen LogP contribution in [-0.4, -0.2) is 16.9 Å². The van der Waals surface area contributed by atoms with Gasteiger partial charge in [-0.1, -0.05) is 26.0 Å². The molecule has 0 aliphatic carbocycles. The Morgan fingerprint density at radius 2 is 1.71 bits per heavy atom. The molecule has 0 radical (unpaired) electrons. The van der Waals surface area contributed by atoms with Gasteiger partial charge in [-0.25, -0.2) is 4.98 Å². The van der Waals surface area contributed by atoms with Crippen LogP contribution in [-0.2, 0) is 17.4 Å². The van der Waals surface area contributed by atoms with Gasteiger partial charge in [0.25, 0.3) is 0 Å². The lowest BCUT2D eigenvalue weighted by Crippen LogP contribution is -2.22. The molecule has 1 unspecified atom stereocenters. The summed E-state index contributed by atoms with van der Waals surface area (Å²) in [6.45, 7) is 6.40. The quantitative estimate of drug-likeness (QED) is 0.465. The van der Waals surface area contributed by atoms with Crippen molar-refractivity contribution >= 4 is 28.3 Å². The molecule has 3 rings (SSSR count). The summed E-state index contributed by atoms with van der Waals surface area (Å²) >= 11 is 0. The SMILES string of the molecule is CC(C)C(C)Nc1ccc2cc(NC(=O)CCc3ccc(C(F)(F)F)cc3)ccc2n1. The number of benzene rings is 2. The number of fused-ring (bicyclic) bond motifs is 1. The molecule has 1 atom stereocenters. The van der Waals surface area contributed by atoms with Crippen LogP contribution in [0.2, 0.25) is 0 Å². The van der Waals surface area contributed by atoms with Gasteiger partial charge in [0.15, 0.2) is 0 Å². The molecular weight excluding hydrogens is 403 g/mol. The Labute approximate surface area is 179 Å². The number of amides is 1. The zero-order chi connectivity index (χ0) is 22.6. The van der Waals surface area contributed by atoms with Crippen LogP contribution >= 0.6 is 0 Å². The molecule has 0 aliphatic heterocycles. The van der Waals surface area contributed by atoms with E-state index < -0.39 is 11.7 Å². The third-order valence-electron chi connectivity index (χ3n) is 5.27. The normalized spacial score (nSPS) is 12.7. The van der Waals surface area contributed by atoms with Crippen LogP contribution < -0.4 is 10.6 Å². The highest BCUT2D eigenvalue weighted by molar-refractivity contribution is 5.94. The average molecular weight is 429 g/mol. The minimum Gasteiger partial charge on any atom is -0.367 e. The summed E-state index contributed by atoms with van der Waals surface area (Å²) in [4.78, 5) is 16.9. The molecule has 0 aliphatic rings. The van der Waals surface area contributed by atoms with Crippen LogP contribution in [0.4, 0.5) is 24.7 Å². The Morgan fingerprint density at radius 3 is 2.35 bits per heavy atom. The third kappa shape index (κ3) is 6.20. The summed E-state index contributed by atoms with van der Waals surface area (Å²) in [6, 6.07) is 14.6. The highest BCUT2D eigenvalue weighted by Crippen LogP contribution is 2.29. The molecule has 2 N–H and O–H groups in total. The van der Waals surface area contributed by atoms with Crippen LogP contribution in [0.3, 0.4) is 0 Å². The first-order valence-corrected chi connectivity index (χ1v) is 10.2. The molecule has 1 aromatic heterocycles. The second-order valence-electron chi connectivity index (χ2n) is 8.02. The Balaban J connectivity index is 1.59. The zero-order valence-electron chi connectivity index (χ0n) is 17.8. The fourth-order valence-corrected chi connectivity index (χ4v) is 3.03. The number of hydrogen-bond donors (Lipinski definition) is 2. The zero-order valence-corrected chi connectivity index (χ0v) is 17.8. The predicted octanol–water partition coefficient (Wildman–Crippen LogP) is 6.28. The van der Waals surface area contributed by atoms with E-state index in [1.807, 2.05) is 24.3 Å². The number of nitrogens with one attached hydrogen (secondary N) is 2. The number of pyridine rings is 1. The number of anilines is 2. The number of hydrogen-bond acceptors (Lipinski definition) is 3. The fraction of sp³-hybridized carbons (Fsp3) is 0.333. The van der Waals surface area contributed by atoms with Crippen LogP contribution in [0.5, 0.6) is 0 Å². The van der Waals surface area contributed by atoms with Crippen molar-refractivity contribution in [2.24, 2.45) is 5.92 Å². The molecule has 3 aromatic rings. The first-order valence-electron chi connectivity index (χ1n) is 10.2. The summed E-state index contributed by atoms with van der Waals surface area (Å²) in [6.07, 6.45) is -3.82. The van der Waals surface area contributed by atoms with Crippen LogP contribution in [0.1, 0.15) is 38.3 Å². The highest BCUT2D eigenvalue weighted by Gasteiger charge is 2.29. The van der Waals surface area contributed by atoms with Gasteiger partial charge in [0.2, 0.25) is 5.91 Å². The lowest BCUT2D eigenvalue weighted by molar-refractivity contribution is -0.137. The second kappa shape index (κ2) is 9.37. The van der Waals surface area contributed by atoms with Crippen molar-refractivity contribution in [2.75, 3.05) is 10.6 Å². The van der Waals surface area contributed by atoms with Gasteiger partial charge in [-0.05, 0) is 67.3 Å². The number of aryl methyl sites for hydroxylation is 1. The van der Waals surface area contributed by atoms with Crippen molar-refractivity contribution in [3.8, 4) is 0 Å². The molecule has 31 heavy (non-hydrogen) atoms. The Morgan fingerprint density at radius 1 is 1.00 bits per heavy atom. The minimum absolute atomic E-state index is 0.178. The Hall–Kier alpha value is -3.09. The molecule has 0 bridgehead atoms. The van der Waals surface area contributed by atoms with Gasteiger partial charge in [-0.15, -0.1) is 0 Å². The van der Waals surface area contributed by atoms with Crippen molar-refractivity contribution < 1.29 is 18.0 Å². The molecule has 0 saturated heterocycles. The van der Waals surface area contributed by atoms with Crippen LogP contribution in [0, 0.1) is 5.92 Å². The summed E-state index contributed by atoms with van der Waals surface area (Å²) in [5.74, 6) is 1.09. The molecule has 2 aromatic carbocycles. The van der Waals surface area contributed by atoms with Crippen molar-refractivity contribution in [3.05, 3.63) is 65.7 Å². The molecule has 1 heterocycles. The maximum atomic E-state index is 12.6. The molecule has 164 valence electrons. The number of halogens is 3. The van der Waals surface area contributed by atoms with Gasteiger partial charge < -0.3 is 10.6 Å². The standard InChI is InChI=1S/C24H26F3N3O/c1-15(2)16(3)28-22-12-7-18-14-20(10-11-21(18)30-22)29-23(31)13-6-17-4-8-19(9-5-17)24(25,26)27/h4-5,7-12,14-16H,6,13H2,1-3H3,(H,28,30)(H,29,31). The van der Waals surface area contributed by atoms with E-state index in [4.69, 9.17) is 0 Å². The Bertz CT molecular complexity index is 1050. The van der Waals surface area contributed by atoms with Crippen molar-refractivity contribution in [1.29, 1.82) is 0 Å².